The Bertz CT molecular complexity index is 180. The number of amides is 1. The van der Waals surface area contributed by atoms with Gasteiger partial charge in [0, 0.05) is 12.4 Å². The highest BCUT2D eigenvalue weighted by molar-refractivity contribution is 8.01. The zero-order chi connectivity index (χ0) is 9.73. The van der Waals surface area contributed by atoms with E-state index >= 15 is 0 Å². The zero-order valence-corrected chi connectivity index (χ0v) is 9.51. The summed E-state index contributed by atoms with van der Waals surface area (Å²) in [6.07, 6.45) is 3.02. The fourth-order valence-electron chi connectivity index (χ4n) is 1.41. The van der Waals surface area contributed by atoms with E-state index in [4.69, 9.17) is 11.6 Å². The third-order valence-electron chi connectivity index (χ3n) is 2.30. The maximum atomic E-state index is 11.7. The second-order valence-corrected chi connectivity index (χ2v) is 5.46. The van der Waals surface area contributed by atoms with Crippen molar-refractivity contribution in [2.24, 2.45) is 0 Å². The molecule has 1 saturated heterocycles. The molecular weight excluding hydrogens is 206 g/mol. The van der Waals surface area contributed by atoms with Gasteiger partial charge in [-0.3, -0.25) is 4.79 Å². The minimum absolute atomic E-state index is 0.174. The Morgan fingerprint density at radius 3 is 3.00 bits per heavy atom. The van der Waals surface area contributed by atoms with Crippen LogP contribution < -0.4 is 5.32 Å². The molecule has 2 nitrogen and oxygen atoms in total. The molecule has 1 unspecified atom stereocenters. The number of hydrogen-bond acceptors (Lipinski definition) is 2. The van der Waals surface area contributed by atoms with Crippen molar-refractivity contribution in [3.63, 3.8) is 0 Å². The van der Waals surface area contributed by atoms with Crippen molar-refractivity contribution in [3.8, 4) is 0 Å². The largest absolute Gasteiger partial charge is 0.355 e. The second-order valence-electron chi connectivity index (χ2n) is 3.48. The molecule has 1 rings (SSSR count). The summed E-state index contributed by atoms with van der Waals surface area (Å²) in [5, 5.41) is 2.92. The molecule has 0 spiro atoms. The van der Waals surface area contributed by atoms with E-state index in [0.29, 0.717) is 12.4 Å². The third kappa shape index (κ3) is 3.06. The summed E-state index contributed by atoms with van der Waals surface area (Å²) in [6, 6.07) is 0. The van der Waals surface area contributed by atoms with Gasteiger partial charge in [-0.25, -0.2) is 0 Å². The predicted octanol–water partition coefficient (Wildman–Crippen LogP) is 2.02. The van der Waals surface area contributed by atoms with Crippen molar-refractivity contribution in [1.29, 1.82) is 0 Å². The molecule has 1 aliphatic heterocycles. The lowest BCUT2D eigenvalue weighted by molar-refractivity contribution is -0.123. The Morgan fingerprint density at radius 1 is 1.69 bits per heavy atom. The van der Waals surface area contributed by atoms with Crippen LogP contribution in [0.1, 0.15) is 26.2 Å². The van der Waals surface area contributed by atoms with Crippen LogP contribution in [0.15, 0.2) is 0 Å². The molecule has 1 N–H and O–H groups in total. The second kappa shape index (κ2) is 5.11. The summed E-state index contributed by atoms with van der Waals surface area (Å²) >= 11 is 7.29. The van der Waals surface area contributed by atoms with Gasteiger partial charge in [0.2, 0.25) is 5.91 Å². The number of thioether (sulfide) groups is 1. The quantitative estimate of drug-likeness (QED) is 0.582. The molecule has 1 aliphatic rings. The highest BCUT2D eigenvalue weighted by atomic mass is 35.5. The van der Waals surface area contributed by atoms with Gasteiger partial charge in [0.25, 0.3) is 0 Å². The molecule has 0 radical (unpaired) electrons. The van der Waals surface area contributed by atoms with Crippen LogP contribution in [0.2, 0.25) is 0 Å². The molecule has 1 fully saturated rings. The van der Waals surface area contributed by atoms with Crippen molar-refractivity contribution in [2.75, 3.05) is 18.2 Å². The molecule has 1 amide bonds. The maximum absolute atomic E-state index is 11.7. The Labute approximate surface area is 88.8 Å². The van der Waals surface area contributed by atoms with Crippen molar-refractivity contribution in [3.05, 3.63) is 0 Å². The highest BCUT2D eigenvalue weighted by Gasteiger charge is 2.36. The third-order valence-corrected chi connectivity index (χ3v) is 4.08. The minimum atomic E-state index is -0.174. The Hall–Kier alpha value is 0.110. The van der Waals surface area contributed by atoms with Crippen LogP contribution >= 0.6 is 23.4 Å². The standard InChI is InChI=1S/C9H16ClNOS/c1-9(4-2-7-13-9)8(12)11-6-3-5-10/h2-7H2,1H3,(H,11,12). The van der Waals surface area contributed by atoms with Crippen molar-refractivity contribution in [1.82, 2.24) is 5.32 Å². The molecule has 0 aliphatic carbocycles. The number of carbonyl (C=O) groups is 1. The van der Waals surface area contributed by atoms with Gasteiger partial charge in [-0.2, -0.15) is 0 Å². The summed E-state index contributed by atoms with van der Waals surface area (Å²) in [4.78, 5) is 11.7. The first-order valence-corrected chi connectivity index (χ1v) is 6.19. The molecule has 0 bridgehead atoms. The summed E-state index contributed by atoms with van der Waals surface area (Å²) < 4.78 is -0.174. The van der Waals surface area contributed by atoms with E-state index in [1.807, 2.05) is 6.92 Å². The lowest BCUT2D eigenvalue weighted by Gasteiger charge is -2.21. The van der Waals surface area contributed by atoms with E-state index in [2.05, 4.69) is 5.32 Å². The molecule has 0 aromatic carbocycles. The highest BCUT2D eigenvalue weighted by Crippen LogP contribution is 2.37. The normalized spacial score (nSPS) is 27.5. The molecule has 4 heteroatoms. The maximum Gasteiger partial charge on any atom is 0.235 e. The first kappa shape index (κ1) is 11.2. The van der Waals surface area contributed by atoms with E-state index in [9.17, 15) is 4.79 Å². The van der Waals surface area contributed by atoms with E-state index in [-0.39, 0.29) is 10.7 Å². The fraction of sp³-hybridized carbons (Fsp3) is 0.889. The van der Waals surface area contributed by atoms with Crippen LogP contribution in [0.3, 0.4) is 0 Å². The molecule has 76 valence electrons. The fourth-order valence-corrected chi connectivity index (χ4v) is 2.78. The van der Waals surface area contributed by atoms with Gasteiger partial charge in [-0.15, -0.1) is 23.4 Å². The lowest BCUT2D eigenvalue weighted by atomic mass is 10.1. The Morgan fingerprint density at radius 2 is 2.46 bits per heavy atom. The lowest BCUT2D eigenvalue weighted by Crippen LogP contribution is -2.40. The number of hydrogen-bond donors (Lipinski definition) is 1. The van der Waals surface area contributed by atoms with Crippen LogP contribution in [0.25, 0.3) is 0 Å². The van der Waals surface area contributed by atoms with Crippen LogP contribution in [0.4, 0.5) is 0 Å². The van der Waals surface area contributed by atoms with Gasteiger partial charge in [0.1, 0.15) is 0 Å². The molecule has 0 aromatic heterocycles. The van der Waals surface area contributed by atoms with Crippen LogP contribution in [0, 0.1) is 0 Å². The SMILES string of the molecule is CC1(C(=O)NCCCCl)CCCS1. The number of alkyl halides is 1. The molecule has 1 heterocycles. The van der Waals surface area contributed by atoms with Gasteiger partial charge >= 0.3 is 0 Å². The van der Waals surface area contributed by atoms with Gasteiger partial charge in [0.15, 0.2) is 0 Å². The molecular formula is C9H16ClNOS. The van der Waals surface area contributed by atoms with E-state index in [0.717, 1.165) is 25.0 Å². The monoisotopic (exact) mass is 221 g/mol. The minimum Gasteiger partial charge on any atom is -0.355 e. The van der Waals surface area contributed by atoms with Gasteiger partial charge in [-0.1, -0.05) is 0 Å². The van der Waals surface area contributed by atoms with Crippen molar-refractivity contribution < 1.29 is 4.79 Å². The van der Waals surface area contributed by atoms with Crippen LogP contribution in [0.5, 0.6) is 0 Å². The van der Waals surface area contributed by atoms with E-state index in [1.165, 1.54) is 0 Å². The molecule has 1 atom stereocenters. The van der Waals surface area contributed by atoms with E-state index in [1.54, 1.807) is 11.8 Å². The van der Waals surface area contributed by atoms with Crippen LogP contribution in [-0.2, 0) is 4.79 Å². The number of carbonyl (C=O) groups excluding carboxylic acids is 1. The summed E-state index contributed by atoms with van der Waals surface area (Å²) in [6.45, 7) is 2.74. The summed E-state index contributed by atoms with van der Waals surface area (Å²) in [7, 11) is 0. The average molecular weight is 222 g/mol. The first-order valence-electron chi connectivity index (χ1n) is 4.67. The molecule has 0 aromatic rings. The average Bonchev–Trinajstić information content (AvgIpc) is 2.54. The number of rotatable bonds is 4. The van der Waals surface area contributed by atoms with Gasteiger partial charge < -0.3 is 5.32 Å². The zero-order valence-electron chi connectivity index (χ0n) is 7.94. The van der Waals surface area contributed by atoms with Crippen molar-refractivity contribution >= 4 is 29.3 Å². The van der Waals surface area contributed by atoms with E-state index < -0.39 is 0 Å². The van der Waals surface area contributed by atoms with Crippen LogP contribution in [-0.4, -0.2) is 28.8 Å². The molecule has 13 heavy (non-hydrogen) atoms. The Kier molecular flexibility index (Phi) is 4.39. The van der Waals surface area contributed by atoms with Gasteiger partial charge in [0.05, 0.1) is 4.75 Å². The molecule has 0 saturated carbocycles. The van der Waals surface area contributed by atoms with Gasteiger partial charge in [-0.05, 0) is 31.9 Å². The predicted molar refractivity (Wildman–Crippen MR) is 58.4 cm³/mol. The summed E-state index contributed by atoms with van der Waals surface area (Å²) in [5.74, 6) is 1.91. The summed E-state index contributed by atoms with van der Waals surface area (Å²) in [5.41, 5.74) is 0. The number of nitrogens with one attached hydrogen (secondary N) is 1. The first-order chi connectivity index (χ1) is 6.19. The smallest absolute Gasteiger partial charge is 0.235 e. The number of halogens is 1. The van der Waals surface area contributed by atoms with Crippen molar-refractivity contribution in [2.45, 2.75) is 30.9 Å². The Balaban J connectivity index is 2.29. The topological polar surface area (TPSA) is 29.1 Å².